The number of nitrogens with one attached hydrogen (secondary N) is 1. The Morgan fingerprint density at radius 3 is 2.67 bits per heavy atom. The molecule has 1 unspecified atom stereocenters. The topological polar surface area (TPSA) is 64.0 Å². The maximum absolute atomic E-state index is 14.0. The molecule has 1 atom stereocenters. The summed E-state index contributed by atoms with van der Waals surface area (Å²) in [5.41, 5.74) is 3.98. The van der Waals surface area contributed by atoms with Gasteiger partial charge in [0.1, 0.15) is 4.83 Å². The highest BCUT2D eigenvalue weighted by atomic mass is 32.2. The number of para-hydroxylation sites is 1. The van der Waals surface area contributed by atoms with Gasteiger partial charge in [-0.2, -0.15) is 0 Å². The van der Waals surface area contributed by atoms with Crippen molar-refractivity contribution >= 4 is 44.9 Å². The van der Waals surface area contributed by atoms with Crippen LogP contribution in [0.1, 0.15) is 43.2 Å². The number of aromatic nitrogens is 2. The minimum atomic E-state index is -0.127. The molecule has 2 aromatic heterocycles. The summed E-state index contributed by atoms with van der Waals surface area (Å²) in [6.45, 7) is 8.89. The van der Waals surface area contributed by atoms with E-state index in [9.17, 15) is 9.59 Å². The molecule has 2 heterocycles. The lowest BCUT2D eigenvalue weighted by Crippen LogP contribution is -2.27. The molecule has 0 bridgehead atoms. The molecule has 0 saturated carbocycles. The Kier molecular flexibility index (Phi) is 6.79. The number of rotatable bonds is 5. The van der Waals surface area contributed by atoms with Gasteiger partial charge in [0.2, 0.25) is 5.91 Å². The molecule has 0 saturated heterocycles. The highest BCUT2D eigenvalue weighted by Gasteiger charge is 2.32. The Morgan fingerprint density at radius 2 is 1.94 bits per heavy atom. The predicted molar refractivity (Wildman–Crippen MR) is 151 cm³/mol. The van der Waals surface area contributed by atoms with E-state index in [-0.39, 0.29) is 22.6 Å². The minimum absolute atomic E-state index is 0.0421. The van der Waals surface area contributed by atoms with Crippen LogP contribution in [0.3, 0.4) is 0 Å². The van der Waals surface area contributed by atoms with Gasteiger partial charge in [-0.1, -0.05) is 62.9 Å². The van der Waals surface area contributed by atoms with Crippen molar-refractivity contribution in [3.8, 4) is 5.69 Å². The van der Waals surface area contributed by atoms with E-state index < -0.39 is 0 Å². The van der Waals surface area contributed by atoms with E-state index in [0.29, 0.717) is 11.1 Å². The highest BCUT2D eigenvalue weighted by Crippen LogP contribution is 2.42. The lowest BCUT2D eigenvalue weighted by Gasteiger charge is -2.33. The van der Waals surface area contributed by atoms with Gasteiger partial charge in [-0.3, -0.25) is 14.2 Å². The van der Waals surface area contributed by atoms with Gasteiger partial charge < -0.3 is 5.32 Å². The molecule has 186 valence electrons. The summed E-state index contributed by atoms with van der Waals surface area (Å²) in [7, 11) is 0. The van der Waals surface area contributed by atoms with E-state index in [1.807, 2.05) is 61.5 Å². The summed E-state index contributed by atoms with van der Waals surface area (Å²) in [6.07, 6.45) is 2.99. The molecule has 4 aromatic rings. The quantitative estimate of drug-likeness (QED) is 0.238. The normalized spacial score (nSPS) is 15.6. The van der Waals surface area contributed by atoms with Gasteiger partial charge in [0.05, 0.1) is 16.8 Å². The number of hydrogen-bond donors (Lipinski definition) is 1. The number of anilines is 1. The largest absolute Gasteiger partial charge is 0.325 e. The molecule has 1 N–H and O–H groups in total. The minimum Gasteiger partial charge on any atom is -0.325 e. The number of benzene rings is 2. The third-order valence-electron chi connectivity index (χ3n) is 6.93. The second-order valence-corrected chi connectivity index (χ2v) is 12.6. The molecule has 1 amide bonds. The zero-order valence-corrected chi connectivity index (χ0v) is 22.8. The van der Waals surface area contributed by atoms with Gasteiger partial charge in [0.15, 0.2) is 5.16 Å². The third-order valence-corrected chi connectivity index (χ3v) is 9.01. The standard InChI is InChI=1S/C29H31N3O2S2/c1-18-9-8-10-20(15-18)30-24(33)17-35-28-31-26-25(27(34)32(28)21-11-6-5-7-12-21)22-14-13-19(29(2,3)4)16-23(22)36-26/h5-12,15,19H,13-14,16-17H2,1-4H3,(H,30,33). The number of nitrogens with zero attached hydrogens (tertiary/aromatic N) is 2. The van der Waals surface area contributed by atoms with Crippen LogP contribution >= 0.6 is 23.1 Å². The summed E-state index contributed by atoms with van der Waals surface area (Å²) in [5.74, 6) is 0.627. The number of thioether (sulfide) groups is 1. The zero-order chi connectivity index (χ0) is 25.4. The molecule has 0 aliphatic heterocycles. The van der Waals surface area contributed by atoms with E-state index in [4.69, 9.17) is 4.98 Å². The summed E-state index contributed by atoms with van der Waals surface area (Å²) in [6, 6.07) is 17.3. The third kappa shape index (κ3) is 5.00. The highest BCUT2D eigenvalue weighted by molar-refractivity contribution is 7.99. The Hall–Kier alpha value is -2.90. The molecule has 5 rings (SSSR count). The fourth-order valence-corrected chi connectivity index (χ4v) is 7.05. The first-order valence-electron chi connectivity index (χ1n) is 12.3. The molecule has 0 radical (unpaired) electrons. The van der Waals surface area contributed by atoms with Gasteiger partial charge >= 0.3 is 0 Å². The number of carbonyl (C=O) groups is 1. The SMILES string of the molecule is Cc1cccc(NC(=O)CSc2nc3sc4c(c3c(=O)n2-c2ccccc2)CCC(C(C)(C)C)C4)c1. The Labute approximate surface area is 220 Å². The Bertz CT molecular complexity index is 1480. The van der Waals surface area contributed by atoms with Gasteiger partial charge in [-0.05, 0) is 72.9 Å². The number of aryl methyl sites for hydroxylation is 2. The first-order valence-corrected chi connectivity index (χ1v) is 14.1. The first-order chi connectivity index (χ1) is 17.2. The maximum atomic E-state index is 14.0. The average molecular weight is 518 g/mol. The van der Waals surface area contributed by atoms with Crippen LogP contribution in [-0.2, 0) is 17.6 Å². The van der Waals surface area contributed by atoms with Crippen LogP contribution in [0.2, 0.25) is 0 Å². The smallest absolute Gasteiger partial charge is 0.267 e. The molecule has 1 aliphatic rings. The van der Waals surface area contributed by atoms with Gasteiger partial charge in [0.25, 0.3) is 5.56 Å². The molecule has 2 aromatic carbocycles. The maximum Gasteiger partial charge on any atom is 0.267 e. The summed E-state index contributed by atoms with van der Waals surface area (Å²) >= 11 is 2.95. The van der Waals surface area contributed by atoms with Crippen molar-refractivity contribution < 1.29 is 4.79 Å². The summed E-state index contributed by atoms with van der Waals surface area (Å²) in [5, 5.41) is 4.25. The molecule has 1 aliphatic carbocycles. The molecular formula is C29H31N3O2S2. The monoisotopic (exact) mass is 517 g/mol. The lowest BCUT2D eigenvalue weighted by molar-refractivity contribution is -0.113. The number of fused-ring (bicyclic) bond motifs is 3. The molecule has 0 spiro atoms. The number of hydrogen-bond acceptors (Lipinski definition) is 5. The van der Waals surface area contributed by atoms with Crippen LogP contribution < -0.4 is 10.9 Å². The van der Waals surface area contributed by atoms with Gasteiger partial charge in [-0.15, -0.1) is 11.3 Å². The number of carbonyl (C=O) groups excluding carboxylic acids is 1. The molecule has 0 fully saturated rings. The van der Waals surface area contributed by atoms with E-state index in [1.54, 1.807) is 15.9 Å². The fraction of sp³-hybridized carbons (Fsp3) is 0.345. The van der Waals surface area contributed by atoms with E-state index >= 15 is 0 Å². The molecular weight excluding hydrogens is 486 g/mol. The second-order valence-electron chi connectivity index (χ2n) is 10.6. The molecule has 36 heavy (non-hydrogen) atoms. The summed E-state index contributed by atoms with van der Waals surface area (Å²) < 4.78 is 1.68. The number of amides is 1. The summed E-state index contributed by atoms with van der Waals surface area (Å²) in [4.78, 5) is 33.7. The Balaban J connectivity index is 1.51. The lowest BCUT2D eigenvalue weighted by atomic mass is 9.72. The van der Waals surface area contributed by atoms with Crippen molar-refractivity contribution in [1.29, 1.82) is 0 Å². The second kappa shape index (κ2) is 9.87. The van der Waals surface area contributed by atoms with Gasteiger partial charge in [0, 0.05) is 10.6 Å². The van der Waals surface area contributed by atoms with E-state index in [1.165, 1.54) is 22.2 Å². The average Bonchev–Trinajstić information content (AvgIpc) is 3.21. The van der Waals surface area contributed by atoms with Crippen LogP contribution in [0.15, 0.2) is 64.5 Å². The van der Waals surface area contributed by atoms with Crippen LogP contribution in [0.4, 0.5) is 5.69 Å². The zero-order valence-electron chi connectivity index (χ0n) is 21.1. The van der Waals surface area contributed by atoms with Crippen molar-refractivity contribution in [2.24, 2.45) is 11.3 Å². The van der Waals surface area contributed by atoms with Crippen molar-refractivity contribution in [3.63, 3.8) is 0 Å². The van der Waals surface area contributed by atoms with Crippen molar-refractivity contribution in [3.05, 3.63) is 81.0 Å². The van der Waals surface area contributed by atoms with Crippen molar-refractivity contribution in [2.45, 2.75) is 52.1 Å². The van der Waals surface area contributed by atoms with Crippen LogP contribution in [-0.4, -0.2) is 21.2 Å². The van der Waals surface area contributed by atoms with Crippen LogP contribution in [0, 0.1) is 18.3 Å². The van der Waals surface area contributed by atoms with Crippen molar-refractivity contribution in [2.75, 3.05) is 11.1 Å². The van der Waals surface area contributed by atoms with Crippen LogP contribution in [0.25, 0.3) is 15.9 Å². The Morgan fingerprint density at radius 1 is 1.17 bits per heavy atom. The molecule has 5 nitrogen and oxygen atoms in total. The molecule has 7 heteroatoms. The predicted octanol–water partition coefficient (Wildman–Crippen LogP) is 6.64. The van der Waals surface area contributed by atoms with Gasteiger partial charge in [-0.25, -0.2) is 4.98 Å². The number of thiophene rings is 1. The van der Waals surface area contributed by atoms with Crippen LogP contribution in [0.5, 0.6) is 0 Å². The first kappa shape index (κ1) is 24.8. The fourth-order valence-electron chi connectivity index (χ4n) is 4.90. The van der Waals surface area contributed by atoms with E-state index in [0.717, 1.165) is 46.4 Å². The van der Waals surface area contributed by atoms with E-state index in [2.05, 4.69) is 26.1 Å². The van der Waals surface area contributed by atoms with Crippen molar-refractivity contribution in [1.82, 2.24) is 9.55 Å².